The minimum atomic E-state index is 0.0989. The minimum absolute atomic E-state index is 0.0989. The number of thiocarbonyl (C=S) groups is 1. The van der Waals surface area contributed by atoms with E-state index in [-0.39, 0.29) is 5.11 Å². The molecule has 3 nitrogen and oxygen atoms in total. The van der Waals surface area contributed by atoms with Gasteiger partial charge in [-0.1, -0.05) is 0 Å². The van der Waals surface area contributed by atoms with E-state index in [2.05, 4.69) is 22.4 Å². The summed E-state index contributed by atoms with van der Waals surface area (Å²) in [5.41, 5.74) is 4.95. The van der Waals surface area contributed by atoms with Crippen LogP contribution in [-0.2, 0) is 0 Å². The van der Waals surface area contributed by atoms with Crippen LogP contribution in [0.3, 0.4) is 0 Å². The minimum Gasteiger partial charge on any atom is -0.373 e. The first kappa shape index (κ1) is 6.49. The summed E-state index contributed by atoms with van der Waals surface area (Å²) < 4.78 is 0. The monoisotopic (exact) mass is 117 g/mol. The molecule has 4 heteroatoms. The van der Waals surface area contributed by atoms with Crippen molar-refractivity contribution in [1.82, 2.24) is 0 Å². The molecular formula is C3H7N3S. The van der Waals surface area contributed by atoms with E-state index in [9.17, 15) is 0 Å². The van der Waals surface area contributed by atoms with E-state index in [0.717, 1.165) is 0 Å². The van der Waals surface area contributed by atoms with Crippen molar-refractivity contribution in [2.24, 2.45) is 16.0 Å². The van der Waals surface area contributed by atoms with Crippen LogP contribution >= 0.6 is 12.2 Å². The molecular weight excluding hydrogens is 110 g/mol. The van der Waals surface area contributed by atoms with Gasteiger partial charge in [-0.3, -0.25) is 0 Å². The molecule has 0 aromatic rings. The van der Waals surface area contributed by atoms with Gasteiger partial charge in [-0.25, -0.2) is 0 Å². The van der Waals surface area contributed by atoms with Crippen molar-refractivity contribution >= 4 is 17.3 Å². The number of nitrogens with zero attached hydrogens (tertiary/aromatic N) is 2. The number of hydrogen-bond acceptors (Lipinski definition) is 2. The lowest BCUT2D eigenvalue weighted by molar-refractivity contribution is 1.02. The van der Waals surface area contributed by atoms with Gasteiger partial charge >= 0.3 is 0 Å². The van der Waals surface area contributed by atoms with Crippen LogP contribution < -0.4 is 5.73 Å². The van der Waals surface area contributed by atoms with Crippen LogP contribution in [0.5, 0.6) is 0 Å². The van der Waals surface area contributed by atoms with Crippen molar-refractivity contribution in [3.05, 3.63) is 0 Å². The molecule has 0 saturated carbocycles. The van der Waals surface area contributed by atoms with Crippen LogP contribution in [0.1, 0.15) is 6.92 Å². The molecule has 0 saturated heterocycles. The van der Waals surface area contributed by atoms with Gasteiger partial charge < -0.3 is 5.73 Å². The predicted octanol–water partition coefficient (Wildman–Crippen LogP) is 0.702. The maximum Gasteiger partial charge on any atom is 0.210 e. The quantitative estimate of drug-likeness (QED) is 0.406. The lowest BCUT2D eigenvalue weighted by Crippen LogP contribution is -2.01. The second kappa shape index (κ2) is 3.67. The second-order valence-electron chi connectivity index (χ2n) is 0.896. The summed E-state index contributed by atoms with van der Waals surface area (Å²) in [7, 11) is 0. The normalized spacial score (nSPS) is 9.86. The third-order valence-electron chi connectivity index (χ3n) is 0.311. The average Bonchev–Trinajstić information content (AvgIpc) is 1.61. The van der Waals surface area contributed by atoms with Crippen molar-refractivity contribution in [1.29, 1.82) is 0 Å². The second-order valence-corrected chi connectivity index (χ2v) is 1.31. The van der Waals surface area contributed by atoms with Gasteiger partial charge in [0.25, 0.3) is 0 Å². The molecule has 0 heterocycles. The molecule has 0 aromatic carbocycles. The highest BCUT2D eigenvalue weighted by molar-refractivity contribution is 7.80. The van der Waals surface area contributed by atoms with Gasteiger partial charge in [0.05, 0.1) is 6.54 Å². The predicted molar refractivity (Wildman–Crippen MR) is 32.2 cm³/mol. The van der Waals surface area contributed by atoms with Crippen molar-refractivity contribution in [2.45, 2.75) is 6.92 Å². The third kappa shape index (κ3) is 5.49. The summed E-state index contributed by atoms with van der Waals surface area (Å²) in [6.45, 7) is 2.50. The molecule has 0 aliphatic carbocycles. The fraction of sp³-hybridized carbons (Fsp3) is 0.667. The Balaban J connectivity index is 3.26. The molecule has 0 rings (SSSR count). The first-order chi connectivity index (χ1) is 3.27. The van der Waals surface area contributed by atoms with Crippen LogP contribution in [-0.4, -0.2) is 11.7 Å². The first-order valence-corrected chi connectivity index (χ1v) is 2.35. The van der Waals surface area contributed by atoms with E-state index in [1.165, 1.54) is 0 Å². The molecule has 2 N–H and O–H groups in total. The highest BCUT2D eigenvalue weighted by atomic mass is 32.1. The molecule has 0 fully saturated rings. The fourth-order valence-electron chi connectivity index (χ4n) is 0.140. The van der Waals surface area contributed by atoms with E-state index < -0.39 is 0 Å². The molecule has 0 amide bonds. The largest absolute Gasteiger partial charge is 0.373 e. The van der Waals surface area contributed by atoms with Crippen LogP contribution in [0.15, 0.2) is 10.2 Å². The highest BCUT2D eigenvalue weighted by Gasteiger charge is 1.72. The van der Waals surface area contributed by atoms with E-state index in [0.29, 0.717) is 6.54 Å². The Morgan fingerprint density at radius 3 is 2.57 bits per heavy atom. The summed E-state index contributed by atoms with van der Waals surface area (Å²) in [4.78, 5) is 0. The Labute approximate surface area is 47.6 Å². The Kier molecular flexibility index (Phi) is 3.40. The number of nitrogens with two attached hydrogens (primary N) is 1. The standard InChI is InChI=1S/C3H7N3S/c1-2-5-6-3(4)7/h2H2,1H3,(H2,4,7). The number of rotatable bonds is 1. The summed E-state index contributed by atoms with van der Waals surface area (Å²) >= 11 is 4.38. The summed E-state index contributed by atoms with van der Waals surface area (Å²) in [6, 6.07) is 0. The van der Waals surface area contributed by atoms with Crippen LogP contribution in [0.25, 0.3) is 0 Å². The van der Waals surface area contributed by atoms with Gasteiger partial charge in [0, 0.05) is 0 Å². The third-order valence-corrected chi connectivity index (χ3v) is 0.392. The van der Waals surface area contributed by atoms with Gasteiger partial charge in [-0.05, 0) is 19.1 Å². The molecule has 0 bridgehead atoms. The van der Waals surface area contributed by atoms with Crippen LogP contribution in [0.4, 0.5) is 0 Å². The topological polar surface area (TPSA) is 50.7 Å². The Morgan fingerprint density at radius 1 is 1.86 bits per heavy atom. The average molecular weight is 117 g/mol. The first-order valence-electron chi connectivity index (χ1n) is 1.94. The summed E-state index contributed by atoms with van der Waals surface area (Å²) in [5.74, 6) is 0. The molecule has 0 atom stereocenters. The Morgan fingerprint density at radius 2 is 2.43 bits per heavy atom. The van der Waals surface area contributed by atoms with Gasteiger partial charge in [-0.15, -0.1) is 5.11 Å². The SMILES string of the molecule is CCN=NC(N)=S. The maximum absolute atomic E-state index is 4.95. The zero-order valence-electron chi connectivity index (χ0n) is 4.09. The van der Waals surface area contributed by atoms with E-state index in [1.807, 2.05) is 6.92 Å². The van der Waals surface area contributed by atoms with Crippen LogP contribution in [0.2, 0.25) is 0 Å². The summed E-state index contributed by atoms with van der Waals surface area (Å²) in [5, 5.41) is 7.01. The summed E-state index contributed by atoms with van der Waals surface area (Å²) in [6.07, 6.45) is 0. The Hall–Kier alpha value is -0.510. The van der Waals surface area contributed by atoms with E-state index in [1.54, 1.807) is 0 Å². The van der Waals surface area contributed by atoms with Gasteiger partial charge in [0.1, 0.15) is 0 Å². The smallest absolute Gasteiger partial charge is 0.210 e. The van der Waals surface area contributed by atoms with Crippen molar-refractivity contribution in [3.8, 4) is 0 Å². The molecule has 0 radical (unpaired) electrons. The van der Waals surface area contributed by atoms with Crippen molar-refractivity contribution < 1.29 is 0 Å². The number of azo groups is 1. The van der Waals surface area contributed by atoms with Gasteiger partial charge in [-0.2, -0.15) is 5.11 Å². The fourth-order valence-corrected chi connectivity index (χ4v) is 0.198. The highest BCUT2D eigenvalue weighted by Crippen LogP contribution is 1.72. The van der Waals surface area contributed by atoms with Crippen molar-refractivity contribution in [3.63, 3.8) is 0 Å². The molecule has 0 spiro atoms. The van der Waals surface area contributed by atoms with Crippen molar-refractivity contribution in [2.75, 3.05) is 6.54 Å². The van der Waals surface area contributed by atoms with Gasteiger partial charge in [0.2, 0.25) is 5.11 Å². The molecule has 0 aromatic heterocycles. The molecule has 7 heavy (non-hydrogen) atoms. The maximum atomic E-state index is 4.95. The van der Waals surface area contributed by atoms with E-state index in [4.69, 9.17) is 5.73 Å². The van der Waals surface area contributed by atoms with E-state index >= 15 is 0 Å². The Bertz CT molecular complexity index is 88.2. The zero-order valence-corrected chi connectivity index (χ0v) is 4.90. The lowest BCUT2D eigenvalue weighted by Gasteiger charge is -1.77. The molecule has 0 unspecified atom stereocenters. The molecule has 40 valence electrons. The number of hydrogen-bond donors (Lipinski definition) is 1. The zero-order chi connectivity index (χ0) is 5.70. The van der Waals surface area contributed by atoms with Crippen LogP contribution in [0, 0.1) is 0 Å². The van der Waals surface area contributed by atoms with Gasteiger partial charge in [0.15, 0.2) is 0 Å². The molecule has 0 aliphatic heterocycles. The molecule has 0 aliphatic rings. The lowest BCUT2D eigenvalue weighted by atomic mass is 10.8.